The predicted molar refractivity (Wildman–Crippen MR) is 362 cm³/mol. The number of nitrogens with zero attached hydrogens (tertiary/aromatic N) is 7. The van der Waals surface area contributed by atoms with E-state index in [9.17, 15) is 53.1 Å². The zero-order chi connectivity index (χ0) is 72.7. The molecule has 0 radical (unpaired) electrons. The molecule has 43 N–H and O–H groups in total. The minimum Gasteiger partial charge on any atom is -0.480 e. The first-order chi connectivity index (χ1) is 45.3. The van der Waals surface area contributed by atoms with Gasteiger partial charge < -0.3 is 145 Å². The highest BCUT2D eigenvalue weighted by Gasteiger charge is 2.35. The SMILES string of the molecule is NCCCC[C@H](NC(=O)[C@H](N)CCCN=C(N)N)C(=O)N[C@@H](CCCN=C(N)N)C(=O)N[C@@H](CCCN=C(N)N)C(=O)N[C@H](CCCN=C(N)N)C(=O)N[C@@H](CCC(N)=O)C(=O)N[C@@H](CCCN=C(N)N)C(=O)N[C@@H](CCCN=C(N)N)C(=O)N[C@H](CCCN=C(N)N)C(=O)O. The summed E-state index contributed by atoms with van der Waals surface area (Å²) in [6, 6.07) is -13.2. The summed E-state index contributed by atoms with van der Waals surface area (Å²) in [5.74, 6) is -11.7. The number of carboxylic acid groups (broad SMARTS) is 1. The Morgan fingerprint density at radius 1 is 0.271 bits per heavy atom. The number of carbonyl (C=O) groups excluding carboxylic acids is 9. The fourth-order valence-corrected chi connectivity index (χ4v) is 8.78. The number of aliphatic carboxylic acids is 1. The first kappa shape index (κ1) is 85.5. The zero-order valence-corrected chi connectivity index (χ0v) is 54.3. The monoisotopic (exact) mass is 1370 g/mol. The van der Waals surface area contributed by atoms with E-state index in [4.69, 9.17) is 97.5 Å². The number of carbonyl (C=O) groups is 10. The number of primary amides is 1. The molecule has 0 aromatic heterocycles. The molecule has 0 aromatic rings. The lowest BCUT2D eigenvalue weighted by molar-refractivity contribution is -0.142. The molecule has 0 aromatic carbocycles. The third-order valence-electron chi connectivity index (χ3n) is 13.6. The summed E-state index contributed by atoms with van der Waals surface area (Å²) in [4.78, 5) is 166. The second-order valence-electron chi connectivity index (χ2n) is 21.9. The van der Waals surface area contributed by atoms with Crippen molar-refractivity contribution in [2.45, 2.75) is 176 Å². The van der Waals surface area contributed by atoms with Crippen LogP contribution in [0.4, 0.5) is 0 Å². The molecule has 43 nitrogen and oxygen atoms in total. The van der Waals surface area contributed by atoms with Crippen molar-refractivity contribution in [2.75, 3.05) is 52.4 Å². The highest BCUT2D eigenvalue weighted by atomic mass is 16.4. The lowest BCUT2D eigenvalue weighted by atomic mass is 10.0. The standard InChI is InChI=1S/C53H106N32O11/c54-20-2-1-11-29(78-38(87)28(55)10-3-21-71-47(57)58)39(88)79-30(12-4-22-72-48(59)60)40(89)80-31(13-5-23-73-49(61)62)41(90)81-33(15-7-25-75-51(65)66)43(92)84-35(18-19-37(56)86)45(94)83-32(14-6-24-74-50(63)64)42(91)82-34(16-8-26-76-52(67)68)44(93)85-36(46(95)96)17-9-27-77-53(69)70/h28-36H,1-27,54-55H2,(H2,56,86)(H,78,87)(H,79,88)(H,80,89)(H,81,90)(H,82,91)(H,83,94)(H,84,92)(H,85,93)(H,95,96)(H4,57,58,71)(H4,59,60,72)(H4,61,62,73)(H4,63,64,74)(H4,65,66,75)(H4,67,68,76)(H4,69,70,77)/t28-,29+,30+,31+,32+,33-,34+,35+,36-/m1/s1. The minimum absolute atomic E-state index is 0.00436. The van der Waals surface area contributed by atoms with Gasteiger partial charge in [0, 0.05) is 52.2 Å². The molecule has 96 heavy (non-hydrogen) atoms. The summed E-state index contributed by atoms with van der Waals surface area (Å²) >= 11 is 0. The van der Waals surface area contributed by atoms with Crippen LogP contribution in [-0.4, -0.2) is 213 Å². The van der Waals surface area contributed by atoms with Gasteiger partial charge in [0.25, 0.3) is 0 Å². The van der Waals surface area contributed by atoms with Crippen molar-refractivity contribution in [2.24, 2.45) is 132 Å². The molecule has 9 atom stereocenters. The molecule has 0 bridgehead atoms. The smallest absolute Gasteiger partial charge is 0.326 e. The topological polar surface area (TPSA) is 816 Å². The van der Waals surface area contributed by atoms with Gasteiger partial charge in [0.05, 0.1) is 6.04 Å². The van der Waals surface area contributed by atoms with Crippen LogP contribution in [0.3, 0.4) is 0 Å². The number of guanidine groups is 7. The van der Waals surface area contributed by atoms with Crippen molar-refractivity contribution in [3.05, 3.63) is 0 Å². The van der Waals surface area contributed by atoms with E-state index in [1.807, 2.05) is 0 Å². The Bertz CT molecular complexity index is 2680. The van der Waals surface area contributed by atoms with Gasteiger partial charge in [-0.2, -0.15) is 0 Å². The number of nitrogens with two attached hydrogens (primary N) is 17. The number of unbranched alkanes of at least 4 members (excludes halogenated alkanes) is 1. The molecule has 0 aliphatic rings. The van der Waals surface area contributed by atoms with Crippen LogP contribution in [0, 0.1) is 0 Å². The molecule has 544 valence electrons. The molecule has 0 aliphatic carbocycles. The minimum atomic E-state index is -1.71. The van der Waals surface area contributed by atoms with Gasteiger partial charge >= 0.3 is 5.97 Å². The van der Waals surface area contributed by atoms with Crippen LogP contribution in [0.1, 0.15) is 122 Å². The number of rotatable bonds is 52. The van der Waals surface area contributed by atoms with Crippen LogP contribution >= 0.6 is 0 Å². The second-order valence-corrected chi connectivity index (χ2v) is 21.9. The van der Waals surface area contributed by atoms with Crippen molar-refractivity contribution in [1.82, 2.24) is 42.5 Å². The molecule has 0 saturated heterocycles. The van der Waals surface area contributed by atoms with Gasteiger partial charge in [-0.1, -0.05) is 0 Å². The number of hydrogen-bond donors (Lipinski definition) is 26. The molecule has 0 saturated carbocycles. The largest absolute Gasteiger partial charge is 0.480 e. The summed E-state index contributed by atoms with van der Waals surface area (Å²) < 4.78 is 0. The molecule has 0 fully saturated rings. The summed E-state index contributed by atoms with van der Waals surface area (Å²) in [5, 5.41) is 30.5. The van der Waals surface area contributed by atoms with Crippen LogP contribution in [0.25, 0.3) is 0 Å². The maximum atomic E-state index is 14.7. The van der Waals surface area contributed by atoms with Crippen molar-refractivity contribution in [3.63, 3.8) is 0 Å². The number of hydrogen-bond acceptors (Lipinski definition) is 19. The molecule has 0 rings (SSSR count). The Balaban J connectivity index is 7.56. The van der Waals surface area contributed by atoms with Crippen LogP contribution in [0.5, 0.6) is 0 Å². The Morgan fingerprint density at radius 3 is 0.688 bits per heavy atom. The summed E-state index contributed by atoms with van der Waals surface area (Å²) in [6.45, 7) is 0.202. The van der Waals surface area contributed by atoms with E-state index in [-0.39, 0.29) is 184 Å². The van der Waals surface area contributed by atoms with E-state index in [0.29, 0.717) is 19.3 Å². The Labute approximate surface area is 556 Å². The number of aliphatic imine (C=N–C) groups is 7. The summed E-state index contributed by atoms with van der Waals surface area (Å²) in [7, 11) is 0. The highest BCUT2D eigenvalue weighted by Crippen LogP contribution is 2.12. The van der Waals surface area contributed by atoms with Gasteiger partial charge in [-0.15, -0.1) is 0 Å². The molecular weight excluding hydrogens is 1260 g/mol. The normalized spacial score (nSPS) is 13.5. The van der Waals surface area contributed by atoms with Gasteiger partial charge in [-0.3, -0.25) is 78.1 Å². The van der Waals surface area contributed by atoms with Crippen LogP contribution in [0.2, 0.25) is 0 Å². The molecule has 0 aliphatic heterocycles. The van der Waals surface area contributed by atoms with E-state index < -0.39 is 126 Å². The van der Waals surface area contributed by atoms with Crippen molar-refractivity contribution >= 4 is 101 Å². The number of carboxylic acids is 1. The third-order valence-corrected chi connectivity index (χ3v) is 13.6. The second kappa shape index (κ2) is 49.1. The highest BCUT2D eigenvalue weighted by molar-refractivity contribution is 5.98. The average Bonchev–Trinajstić information content (AvgIpc) is 1.02. The van der Waals surface area contributed by atoms with Gasteiger partial charge in [-0.05, 0) is 122 Å². The molecule has 0 unspecified atom stereocenters. The molecule has 9 amide bonds. The van der Waals surface area contributed by atoms with Crippen molar-refractivity contribution in [3.8, 4) is 0 Å². The van der Waals surface area contributed by atoms with E-state index in [1.54, 1.807) is 0 Å². The maximum Gasteiger partial charge on any atom is 0.326 e. The van der Waals surface area contributed by atoms with E-state index >= 15 is 0 Å². The van der Waals surface area contributed by atoms with Crippen LogP contribution in [-0.2, 0) is 47.9 Å². The molecule has 0 spiro atoms. The lowest BCUT2D eigenvalue weighted by Crippen LogP contribution is -2.60. The van der Waals surface area contributed by atoms with Gasteiger partial charge in [0.1, 0.15) is 48.3 Å². The lowest BCUT2D eigenvalue weighted by Gasteiger charge is -2.28. The quantitative estimate of drug-likeness (QED) is 0.0153. The third kappa shape index (κ3) is 41.9. The van der Waals surface area contributed by atoms with Gasteiger partial charge in [-0.25, -0.2) is 4.79 Å². The van der Waals surface area contributed by atoms with Crippen molar-refractivity contribution in [1.29, 1.82) is 0 Å². The van der Waals surface area contributed by atoms with Crippen LogP contribution < -0.4 is 140 Å². The maximum absolute atomic E-state index is 14.7. The molecule has 0 heterocycles. The van der Waals surface area contributed by atoms with E-state index in [0.717, 1.165) is 0 Å². The fourth-order valence-electron chi connectivity index (χ4n) is 8.78. The fraction of sp³-hybridized carbons (Fsp3) is 0.679. The number of amides is 9. The predicted octanol–water partition coefficient (Wildman–Crippen LogP) is -12.0. The van der Waals surface area contributed by atoms with Gasteiger partial charge in [0.15, 0.2) is 41.7 Å². The van der Waals surface area contributed by atoms with Crippen LogP contribution in [0.15, 0.2) is 34.9 Å². The summed E-state index contributed by atoms with van der Waals surface area (Å²) in [5.41, 5.74) is 94.4. The zero-order valence-electron chi connectivity index (χ0n) is 54.3. The molecule has 43 heteroatoms. The number of nitrogens with one attached hydrogen (secondary N) is 8. The summed E-state index contributed by atoms with van der Waals surface area (Å²) in [6.07, 6.45) is -0.494. The van der Waals surface area contributed by atoms with E-state index in [2.05, 4.69) is 77.5 Å². The van der Waals surface area contributed by atoms with Gasteiger partial charge in [0.2, 0.25) is 53.2 Å². The van der Waals surface area contributed by atoms with Crippen molar-refractivity contribution < 1.29 is 53.1 Å². The Kier molecular flexibility index (Phi) is 43.8. The van der Waals surface area contributed by atoms with E-state index in [1.165, 1.54) is 0 Å². The molecular formula is C53H106N32O11. The Hall–Kier alpha value is -10.5. The average molecular weight is 1370 g/mol. The first-order valence-electron chi connectivity index (χ1n) is 31.1. The first-order valence-corrected chi connectivity index (χ1v) is 31.1. The Morgan fingerprint density at radius 2 is 0.469 bits per heavy atom.